The fourth-order valence-electron chi connectivity index (χ4n) is 1.04. The number of aryl methyl sites for hydroxylation is 1. The van der Waals surface area contributed by atoms with Gasteiger partial charge in [-0.15, -0.1) is 11.3 Å². The number of hydrogen-bond donors (Lipinski definition) is 2. The smallest absolute Gasteiger partial charge is 0.261 e. The molecule has 0 unspecified atom stereocenters. The minimum Gasteiger partial charge on any atom is -0.348 e. The molecular weight excluding hydrogens is 196 g/mol. The van der Waals surface area contributed by atoms with E-state index in [2.05, 4.69) is 12.2 Å². The first kappa shape index (κ1) is 11.2. The van der Waals surface area contributed by atoms with E-state index >= 15 is 0 Å². The molecule has 0 aromatic carbocycles. The second-order valence-electron chi connectivity index (χ2n) is 3.23. The molecule has 0 aliphatic rings. The largest absolute Gasteiger partial charge is 0.348 e. The molecule has 4 heteroatoms. The third-order valence-electron chi connectivity index (χ3n) is 1.96. The van der Waals surface area contributed by atoms with Crippen molar-refractivity contribution < 1.29 is 4.79 Å². The van der Waals surface area contributed by atoms with Gasteiger partial charge in [0.05, 0.1) is 4.88 Å². The monoisotopic (exact) mass is 212 g/mol. The second kappa shape index (κ2) is 5.12. The first-order valence-corrected chi connectivity index (χ1v) is 5.58. The first-order valence-electron chi connectivity index (χ1n) is 4.77. The van der Waals surface area contributed by atoms with Crippen LogP contribution in [0, 0.1) is 0 Å². The molecule has 0 saturated carbocycles. The molecule has 14 heavy (non-hydrogen) atoms. The molecule has 0 aliphatic heterocycles. The number of thiophene rings is 1. The van der Waals surface area contributed by atoms with Crippen molar-refractivity contribution in [3.05, 3.63) is 21.9 Å². The SMILES string of the molecule is CCc1ccc(C(=O)N[C@H](C)CN)s1. The van der Waals surface area contributed by atoms with Crippen molar-refractivity contribution in [2.75, 3.05) is 6.54 Å². The Morgan fingerprint density at radius 3 is 2.86 bits per heavy atom. The van der Waals surface area contributed by atoms with E-state index in [-0.39, 0.29) is 11.9 Å². The van der Waals surface area contributed by atoms with Crippen molar-refractivity contribution in [1.82, 2.24) is 5.32 Å². The van der Waals surface area contributed by atoms with Gasteiger partial charge in [0.15, 0.2) is 0 Å². The normalized spacial score (nSPS) is 12.5. The highest BCUT2D eigenvalue weighted by Crippen LogP contribution is 2.16. The van der Waals surface area contributed by atoms with Crippen molar-refractivity contribution in [2.24, 2.45) is 5.73 Å². The number of nitrogens with one attached hydrogen (secondary N) is 1. The number of hydrogen-bond acceptors (Lipinski definition) is 3. The summed E-state index contributed by atoms with van der Waals surface area (Å²) in [7, 11) is 0. The Labute approximate surface area is 88.3 Å². The van der Waals surface area contributed by atoms with Gasteiger partial charge in [-0.25, -0.2) is 0 Å². The predicted molar refractivity (Wildman–Crippen MR) is 59.7 cm³/mol. The lowest BCUT2D eigenvalue weighted by Crippen LogP contribution is -2.37. The maximum Gasteiger partial charge on any atom is 0.261 e. The Hall–Kier alpha value is -0.870. The first-order chi connectivity index (χ1) is 6.67. The molecule has 0 bridgehead atoms. The van der Waals surface area contributed by atoms with Crippen LogP contribution in [0.15, 0.2) is 12.1 Å². The van der Waals surface area contributed by atoms with Gasteiger partial charge in [0, 0.05) is 17.5 Å². The predicted octanol–water partition coefficient (Wildman–Crippen LogP) is 1.39. The summed E-state index contributed by atoms with van der Waals surface area (Å²) in [5.41, 5.74) is 5.42. The number of carbonyl (C=O) groups is 1. The van der Waals surface area contributed by atoms with Crippen LogP contribution >= 0.6 is 11.3 Å². The summed E-state index contributed by atoms with van der Waals surface area (Å²) < 4.78 is 0. The van der Waals surface area contributed by atoms with E-state index in [0.29, 0.717) is 6.54 Å². The number of rotatable bonds is 4. The fourth-order valence-corrected chi connectivity index (χ4v) is 1.89. The summed E-state index contributed by atoms with van der Waals surface area (Å²) in [6.45, 7) is 4.44. The number of amides is 1. The Morgan fingerprint density at radius 2 is 2.36 bits per heavy atom. The second-order valence-corrected chi connectivity index (χ2v) is 4.40. The zero-order valence-electron chi connectivity index (χ0n) is 8.54. The molecule has 0 spiro atoms. The summed E-state index contributed by atoms with van der Waals surface area (Å²) in [5, 5.41) is 2.83. The van der Waals surface area contributed by atoms with Gasteiger partial charge in [0.2, 0.25) is 0 Å². The maximum atomic E-state index is 11.6. The average Bonchev–Trinajstić information content (AvgIpc) is 2.65. The number of nitrogens with two attached hydrogens (primary N) is 1. The molecule has 3 N–H and O–H groups in total. The Kier molecular flexibility index (Phi) is 4.10. The molecule has 1 aromatic rings. The third-order valence-corrected chi connectivity index (χ3v) is 3.19. The van der Waals surface area contributed by atoms with E-state index in [4.69, 9.17) is 5.73 Å². The van der Waals surface area contributed by atoms with Crippen molar-refractivity contribution in [3.63, 3.8) is 0 Å². The quantitative estimate of drug-likeness (QED) is 0.792. The molecule has 0 saturated heterocycles. The molecular formula is C10H16N2OS. The highest BCUT2D eigenvalue weighted by Gasteiger charge is 2.10. The highest BCUT2D eigenvalue weighted by atomic mass is 32.1. The van der Waals surface area contributed by atoms with E-state index in [1.807, 2.05) is 19.1 Å². The highest BCUT2D eigenvalue weighted by molar-refractivity contribution is 7.14. The van der Waals surface area contributed by atoms with Crippen LogP contribution in [0.3, 0.4) is 0 Å². The molecule has 3 nitrogen and oxygen atoms in total. The van der Waals surface area contributed by atoms with Crippen LogP contribution < -0.4 is 11.1 Å². The van der Waals surface area contributed by atoms with Gasteiger partial charge in [-0.2, -0.15) is 0 Å². The van der Waals surface area contributed by atoms with Crippen LogP contribution in [0.4, 0.5) is 0 Å². The average molecular weight is 212 g/mol. The molecule has 1 amide bonds. The summed E-state index contributed by atoms with van der Waals surface area (Å²) in [6, 6.07) is 3.89. The van der Waals surface area contributed by atoms with Gasteiger partial charge in [0.1, 0.15) is 0 Å². The molecule has 1 atom stereocenters. The van der Waals surface area contributed by atoms with Crippen LogP contribution in [-0.4, -0.2) is 18.5 Å². The van der Waals surface area contributed by atoms with Gasteiger partial charge < -0.3 is 11.1 Å². The van der Waals surface area contributed by atoms with E-state index in [0.717, 1.165) is 11.3 Å². The maximum absolute atomic E-state index is 11.6. The lowest BCUT2D eigenvalue weighted by molar-refractivity contribution is 0.0945. The minimum atomic E-state index is -0.0207. The van der Waals surface area contributed by atoms with Crippen LogP contribution in [0.25, 0.3) is 0 Å². The van der Waals surface area contributed by atoms with Crippen molar-refractivity contribution in [2.45, 2.75) is 26.3 Å². The van der Waals surface area contributed by atoms with Crippen LogP contribution in [0.1, 0.15) is 28.4 Å². The Balaban J connectivity index is 2.60. The topological polar surface area (TPSA) is 55.1 Å². The molecule has 0 fully saturated rings. The van der Waals surface area contributed by atoms with Gasteiger partial charge in [0.25, 0.3) is 5.91 Å². The Morgan fingerprint density at radius 1 is 1.64 bits per heavy atom. The molecule has 0 radical (unpaired) electrons. The standard InChI is InChI=1S/C10H16N2OS/c1-3-8-4-5-9(14-8)10(13)12-7(2)6-11/h4-5,7H,3,6,11H2,1-2H3,(H,12,13)/t7-/m1/s1. The lowest BCUT2D eigenvalue weighted by atomic mass is 10.3. The van der Waals surface area contributed by atoms with Gasteiger partial charge in [-0.1, -0.05) is 6.92 Å². The molecule has 1 aromatic heterocycles. The van der Waals surface area contributed by atoms with Gasteiger partial charge in [-0.05, 0) is 25.5 Å². The Bertz CT molecular complexity index is 309. The zero-order valence-corrected chi connectivity index (χ0v) is 9.36. The lowest BCUT2D eigenvalue weighted by Gasteiger charge is -2.09. The van der Waals surface area contributed by atoms with E-state index in [1.165, 1.54) is 4.88 Å². The summed E-state index contributed by atoms with van der Waals surface area (Å²) >= 11 is 1.54. The van der Waals surface area contributed by atoms with E-state index in [1.54, 1.807) is 11.3 Å². The van der Waals surface area contributed by atoms with E-state index in [9.17, 15) is 4.79 Å². The van der Waals surface area contributed by atoms with Crippen molar-refractivity contribution in [1.29, 1.82) is 0 Å². The summed E-state index contributed by atoms with van der Waals surface area (Å²) in [5.74, 6) is -0.0207. The summed E-state index contributed by atoms with van der Waals surface area (Å²) in [4.78, 5) is 13.6. The minimum absolute atomic E-state index is 0.0207. The third kappa shape index (κ3) is 2.82. The molecule has 78 valence electrons. The van der Waals surface area contributed by atoms with Crippen LogP contribution in [0.5, 0.6) is 0 Å². The van der Waals surface area contributed by atoms with Crippen LogP contribution in [0.2, 0.25) is 0 Å². The molecule has 1 rings (SSSR count). The van der Waals surface area contributed by atoms with Gasteiger partial charge >= 0.3 is 0 Å². The fraction of sp³-hybridized carbons (Fsp3) is 0.500. The van der Waals surface area contributed by atoms with Gasteiger partial charge in [-0.3, -0.25) is 4.79 Å². The van der Waals surface area contributed by atoms with Crippen LogP contribution in [-0.2, 0) is 6.42 Å². The summed E-state index contributed by atoms with van der Waals surface area (Å²) in [6.07, 6.45) is 0.977. The van der Waals surface area contributed by atoms with Crippen molar-refractivity contribution in [3.8, 4) is 0 Å². The number of carbonyl (C=O) groups excluding carboxylic acids is 1. The molecule has 1 heterocycles. The van der Waals surface area contributed by atoms with E-state index < -0.39 is 0 Å². The van der Waals surface area contributed by atoms with Crippen molar-refractivity contribution >= 4 is 17.2 Å². The zero-order chi connectivity index (χ0) is 10.6. The molecule has 0 aliphatic carbocycles.